The van der Waals surface area contributed by atoms with E-state index in [9.17, 15) is 25.9 Å². The van der Waals surface area contributed by atoms with Gasteiger partial charge < -0.3 is 4.55 Å². The Balaban J connectivity index is 3.74. The summed E-state index contributed by atoms with van der Waals surface area (Å²) in [5.41, 5.74) is 1.02. The van der Waals surface area contributed by atoms with Gasteiger partial charge in [0.15, 0.2) is 15.4 Å². The molecule has 13 heteroatoms. The van der Waals surface area contributed by atoms with Crippen LogP contribution < -0.4 is 0 Å². The van der Waals surface area contributed by atoms with Crippen molar-refractivity contribution in [3.8, 4) is 0 Å². The topological polar surface area (TPSA) is 112 Å². The normalized spacial score (nSPS) is 26.9. The number of alkyl halides is 4. The van der Waals surface area contributed by atoms with Crippen LogP contribution in [0.4, 0.5) is 0 Å². The van der Waals surface area contributed by atoms with Crippen molar-refractivity contribution >= 4 is 77.5 Å². The molecule has 0 fully saturated rings. The van der Waals surface area contributed by atoms with Gasteiger partial charge in [-0.25, -0.2) is 8.42 Å². The van der Waals surface area contributed by atoms with Crippen LogP contribution in [-0.2, 0) is 31.1 Å². The smallest absolute Gasteiger partial charge is 0.417 e. The van der Waals surface area contributed by atoms with Crippen molar-refractivity contribution in [2.75, 3.05) is 0 Å². The summed E-state index contributed by atoms with van der Waals surface area (Å²) in [6.07, 6.45) is 1.30. The molecule has 0 aromatic heterocycles. The van der Waals surface area contributed by atoms with E-state index in [1.165, 1.54) is 13.0 Å². The first-order valence-electron chi connectivity index (χ1n) is 5.30. The summed E-state index contributed by atoms with van der Waals surface area (Å²) in [7, 11) is -13.4. The molecule has 0 aromatic rings. The summed E-state index contributed by atoms with van der Waals surface area (Å²) in [5.74, 6) is 0. The fourth-order valence-electron chi connectivity index (χ4n) is 1.62. The van der Waals surface area contributed by atoms with Crippen LogP contribution in [0.5, 0.6) is 0 Å². The zero-order chi connectivity index (χ0) is 17.7. The van der Waals surface area contributed by atoms with Crippen molar-refractivity contribution in [1.29, 1.82) is 0 Å². The first-order chi connectivity index (χ1) is 9.53. The largest absolute Gasteiger partial charge is 0.742 e. The number of hydrogen-bond acceptors (Lipinski definition) is 5. The minimum Gasteiger partial charge on any atom is -0.742 e. The monoisotopic (exact) mass is 450 g/mol. The van der Waals surface area contributed by atoms with Gasteiger partial charge in [-0.1, -0.05) is 34.8 Å². The van der Waals surface area contributed by atoms with E-state index in [0.29, 0.717) is 11.1 Å². The van der Waals surface area contributed by atoms with Crippen LogP contribution in [0.25, 0.3) is 0 Å². The lowest BCUT2D eigenvalue weighted by molar-refractivity contribution is 0.450. The van der Waals surface area contributed by atoms with E-state index in [1.807, 2.05) is 0 Å². The summed E-state index contributed by atoms with van der Waals surface area (Å²) in [6.45, 7) is 3.14. The number of hydrogen-bond donors (Lipinski definition) is 1. The number of halogens is 4. The summed E-state index contributed by atoms with van der Waals surface area (Å²) in [6, 6.07) is 0. The Morgan fingerprint density at radius 3 is 1.91 bits per heavy atom. The zero-order valence-corrected chi connectivity index (χ0v) is 16.4. The van der Waals surface area contributed by atoms with Gasteiger partial charge in [0.25, 0.3) is 0 Å². The second-order valence-corrected chi connectivity index (χ2v) is 14.0. The molecule has 0 saturated heterocycles. The summed E-state index contributed by atoms with van der Waals surface area (Å²) in [5, 5.41) is -0.234. The van der Waals surface area contributed by atoms with E-state index in [-0.39, 0.29) is 0 Å². The van der Waals surface area contributed by atoms with Crippen molar-refractivity contribution in [2.24, 2.45) is 0 Å². The lowest BCUT2D eigenvalue weighted by atomic mass is 10.1. The molecule has 1 rings (SSSR count). The third-order valence-corrected chi connectivity index (χ3v) is 12.7. The third kappa shape index (κ3) is 3.73. The predicted octanol–water partition coefficient (Wildman–Crippen LogP) is 2.49. The van der Waals surface area contributed by atoms with Crippen LogP contribution in [0, 0.1) is 0 Å². The molecular formula is C9H10Cl4O6S3. The fourth-order valence-corrected chi connectivity index (χ4v) is 8.75. The Kier molecular flexibility index (Phi) is 5.94. The van der Waals surface area contributed by atoms with E-state index < -0.39 is 43.0 Å². The van der Waals surface area contributed by atoms with Crippen LogP contribution in [0.2, 0.25) is 0 Å². The molecular weight excluding hydrogens is 442 g/mol. The number of rotatable bonds is 3. The Morgan fingerprint density at radius 2 is 1.59 bits per heavy atom. The van der Waals surface area contributed by atoms with Crippen molar-refractivity contribution in [3.05, 3.63) is 22.6 Å². The highest BCUT2D eigenvalue weighted by molar-refractivity contribution is 8.28. The molecule has 0 radical (unpaired) electrons. The maximum absolute atomic E-state index is 11.5. The van der Waals surface area contributed by atoms with Gasteiger partial charge in [-0.2, -0.15) is 8.42 Å². The Labute approximate surface area is 151 Å². The minimum absolute atomic E-state index is 0.436. The molecule has 1 aliphatic rings. The van der Waals surface area contributed by atoms with E-state index in [2.05, 4.69) is 0 Å². The fraction of sp³-hybridized carbons (Fsp3) is 0.556. The second-order valence-electron chi connectivity index (χ2n) is 4.40. The van der Waals surface area contributed by atoms with E-state index >= 15 is 0 Å². The van der Waals surface area contributed by atoms with Gasteiger partial charge in [-0.15, -0.1) is 0 Å². The van der Waals surface area contributed by atoms with E-state index in [1.54, 1.807) is 6.92 Å². The highest BCUT2D eigenvalue weighted by atomic mass is 35.6. The van der Waals surface area contributed by atoms with E-state index in [4.69, 9.17) is 46.4 Å². The molecule has 0 amide bonds. The standard InChI is InChI=1S/C9H10Cl4O6S3/c1-5-3-7(8(10,11)12)20(4-6(5)2)9(13,21(14,15)16)22(17,18)19/h3-4,7H,1-2H3,(H-,14,15,16,17,18,19). The molecule has 1 aliphatic heterocycles. The highest BCUT2D eigenvalue weighted by Crippen LogP contribution is 2.49. The maximum Gasteiger partial charge on any atom is 0.417 e. The molecule has 6 nitrogen and oxygen atoms in total. The second kappa shape index (κ2) is 6.27. The van der Waals surface area contributed by atoms with Gasteiger partial charge in [0, 0.05) is 0 Å². The maximum atomic E-state index is 11.5. The highest BCUT2D eigenvalue weighted by Gasteiger charge is 2.68. The van der Waals surface area contributed by atoms with Crippen LogP contribution >= 0.6 is 46.4 Å². The molecule has 128 valence electrons. The molecule has 0 aliphatic carbocycles. The summed E-state index contributed by atoms with van der Waals surface area (Å²) >= 11 is 22.9. The van der Waals surface area contributed by atoms with Gasteiger partial charge in [0.1, 0.15) is 5.41 Å². The Morgan fingerprint density at radius 1 is 1.14 bits per heavy atom. The van der Waals surface area contributed by atoms with Gasteiger partial charge >= 0.3 is 13.0 Å². The van der Waals surface area contributed by atoms with Gasteiger partial charge in [-0.3, -0.25) is 4.55 Å². The van der Waals surface area contributed by atoms with Gasteiger partial charge in [0.2, 0.25) is 3.79 Å². The van der Waals surface area contributed by atoms with Crippen LogP contribution in [0.1, 0.15) is 13.8 Å². The lowest BCUT2D eigenvalue weighted by Gasteiger charge is -2.32. The molecule has 3 unspecified atom stereocenters. The first-order valence-corrected chi connectivity index (χ1v) is 11.0. The van der Waals surface area contributed by atoms with Crippen molar-refractivity contribution in [2.45, 2.75) is 25.8 Å². The molecule has 0 aromatic carbocycles. The van der Waals surface area contributed by atoms with Crippen LogP contribution in [0.3, 0.4) is 0 Å². The molecule has 3 atom stereocenters. The molecule has 1 heterocycles. The molecule has 1 N–H and O–H groups in total. The van der Waals surface area contributed by atoms with Crippen LogP contribution in [-0.4, -0.2) is 37.9 Å². The molecule has 0 bridgehead atoms. The number of allylic oxidation sites excluding steroid dienone is 2. The van der Waals surface area contributed by atoms with Gasteiger partial charge in [-0.05, 0) is 42.7 Å². The first kappa shape index (κ1) is 20.9. The van der Waals surface area contributed by atoms with Crippen molar-refractivity contribution in [1.82, 2.24) is 0 Å². The van der Waals surface area contributed by atoms with Gasteiger partial charge in [0.05, 0.1) is 10.9 Å². The van der Waals surface area contributed by atoms with Crippen molar-refractivity contribution < 1.29 is 25.9 Å². The Hall–Kier alpha value is 0.810. The van der Waals surface area contributed by atoms with Crippen LogP contribution in [0.15, 0.2) is 22.6 Å². The lowest BCUT2D eigenvalue weighted by Crippen LogP contribution is -2.53. The summed E-state index contributed by atoms with van der Waals surface area (Å²) < 4.78 is 60.9. The molecule has 22 heavy (non-hydrogen) atoms. The van der Waals surface area contributed by atoms with E-state index in [0.717, 1.165) is 5.41 Å². The average molecular weight is 452 g/mol. The predicted molar refractivity (Wildman–Crippen MR) is 88.8 cm³/mol. The molecule has 0 spiro atoms. The quantitative estimate of drug-likeness (QED) is 0.400. The SMILES string of the molecule is CC1=CC(C(Cl)(Cl)Cl)[S+](C(Cl)(S(=O)(=O)[O-])S(=O)(=O)O)C=C1C. The molecule has 0 saturated carbocycles. The Bertz CT molecular complexity index is 702. The van der Waals surface area contributed by atoms with Crippen molar-refractivity contribution in [3.63, 3.8) is 0 Å². The zero-order valence-electron chi connectivity index (χ0n) is 11.0. The minimum atomic E-state index is -5.72. The third-order valence-electron chi connectivity index (χ3n) is 2.81. The summed E-state index contributed by atoms with van der Waals surface area (Å²) in [4.78, 5) is 0. The average Bonchev–Trinajstić information content (AvgIpc) is 2.26.